The molecular weight excluding hydrogens is 366 g/mol. The lowest BCUT2D eigenvalue weighted by molar-refractivity contribution is -0.384. The van der Waals surface area contributed by atoms with Gasteiger partial charge in [-0.1, -0.05) is 48.5 Å². The molecule has 0 aliphatic heterocycles. The zero-order valence-corrected chi connectivity index (χ0v) is 15.4. The third kappa shape index (κ3) is 3.82. The predicted octanol–water partition coefficient (Wildman–Crippen LogP) is 4.74. The highest BCUT2D eigenvalue weighted by atomic mass is 16.6. The Morgan fingerprint density at radius 2 is 1.79 bits per heavy atom. The fourth-order valence-corrected chi connectivity index (χ4v) is 3.31. The van der Waals surface area contributed by atoms with Crippen LogP contribution >= 0.6 is 0 Å². The third-order valence-corrected chi connectivity index (χ3v) is 4.75. The normalized spacial score (nSPS) is 10.6. The number of nitro groups is 1. The Morgan fingerprint density at radius 3 is 2.59 bits per heavy atom. The fraction of sp³-hybridized carbons (Fsp3) is 0.0435. The molecule has 1 heterocycles. The first-order valence-electron chi connectivity index (χ1n) is 9.07. The summed E-state index contributed by atoms with van der Waals surface area (Å²) < 4.78 is 0. The summed E-state index contributed by atoms with van der Waals surface area (Å²) in [5, 5.41) is 15.8. The van der Waals surface area contributed by atoms with Crippen LogP contribution in [-0.4, -0.2) is 15.8 Å². The molecule has 0 unspecified atom stereocenters. The molecule has 0 atom stereocenters. The maximum absolute atomic E-state index is 12.5. The van der Waals surface area contributed by atoms with Gasteiger partial charge in [-0.2, -0.15) is 0 Å². The zero-order chi connectivity index (χ0) is 20.2. The van der Waals surface area contributed by atoms with Gasteiger partial charge in [0.2, 0.25) is 0 Å². The third-order valence-electron chi connectivity index (χ3n) is 4.75. The first kappa shape index (κ1) is 18.3. The summed E-state index contributed by atoms with van der Waals surface area (Å²) in [6.45, 7) is 0.290. The summed E-state index contributed by atoms with van der Waals surface area (Å²) in [6, 6.07) is 21.7. The minimum Gasteiger partial charge on any atom is -0.348 e. The van der Waals surface area contributed by atoms with Gasteiger partial charge in [-0.15, -0.1) is 0 Å². The maximum Gasteiger partial charge on any atom is 0.270 e. The van der Waals surface area contributed by atoms with E-state index in [2.05, 4.69) is 22.4 Å². The van der Waals surface area contributed by atoms with Gasteiger partial charge in [0.1, 0.15) is 0 Å². The lowest BCUT2D eigenvalue weighted by atomic mass is 9.96. The predicted molar refractivity (Wildman–Crippen MR) is 111 cm³/mol. The number of nitrogens with zero attached hydrogens (tertiary/aromatic N) is 2. The Morgan fingerprint density at radius 1 is 0.966 bits per heavy atom. The number of benzene rings is 3. The number of nitro benzene ring substituents is 1. The van der Waals surface area contributed by atoms with Crippen molar-refractivity contribution in [3.05, 3.63) is 106 Å². The average Bonchev–Trinajstić information content (AvgIpc) is 2.78. The van der Waals surface area contributed by atoms with Crippen LogP contribution in [0.5, 0.6) is 0 Å². The molecule has 0 saturated heterocycles. The van der Waals surface area contributed by atoms with E-state index in [1.165, 1.54) is 18.2 Å². The number of amides is 1. The molecule has 1 aromatic heterocycles. The van der Waals surface area contributed by atoms with Crippen molar-refractivity contribution in [2.45, 2.75) is 6.54 Å². The highest BCUT2D eigenvalue weighted by Gasteiger charge is 2.13. The SMILES string of the molecule is O=C(NCc1ccc(-c2ccccc2)c2ccncc12)c1cccc([N+](=O)[O-])c1. The summed E-state index contributed by atoms with van der Waals surface area (Å²) in [6.07, 6.45) is 3.54. The summed E-state index contributed by atoms with van der Waals surface area (Å²) in [4.78, 5) is 27.1. The molecule has 0 spiro atoms. The second-order valence-corrected chi connectivity index (χ2v) is 6.55. The van der Waals surface area contributed by atoms with Crippen LogP contribution < -0.4 is 5.32 Å². The molecule has 29 heavy (non-hydrogen) atoms. The van der Waals surface area contributed by atoms with Crippen LogP contribution in [0.15, 0.2) is 85.2 Å². The van der Waals surface area contributed by atoms with Crippen molar-refractivity contribution in [2.75, 3.05) is 0 Å². The number of hydrogen-bond donors (Lipinski definition) is 1. The number of hydrogen-bond acceptors (Lipinski definition) is 4. The highest BCUT2D eigenvalue weighted by Crippen LogP contribution is 2.30. The quantitative estimate of drug-likeness (QED) is 0.398. The van der Waals surface area contributed by atoms with Crippen LogP contribution in [0.3, 0.4) is 0 Å². The molecule has 3 aromatic carbocycles. The lowest BCUT2D eigenvalue weighted by Gasteiger charge is -2.12. The van der Waals surface area contributed by atoms with Crippen LogP contribution in [0.1, 0.15) is 15.9 Å². The first-order chi connectivity index (χ1) is 14.1. The van der Waals surface area contributed by atoms with Crippen LogP contribution in [-0.2, 0) is 6.54 Å². The Balaban J connectivity index is 1.62. The Bertz CT molecular complexity index is 1210. The molecule has 0 aliphatic rings. The van der Waals surface area contributed by atoms with Crippen molar-refractivity contribution in [3.63, 3.8) is 0 Å². The Hall–Kier alpha value is -4.06. The van der Waals surface area contributed by atoms with E-state index in [9.17, 15) is 14.9 Å². The smallest absolute Gasteiger partial charge is 0.270 e. The van der Waals surface area contributed by atoms with Gasteiger partial charge < -0.3 is 5.32 Å². The van der Waals surface area contributed by atoms with Crippen LogP contribution in [0, 0.1) is 10.1 Å². The summed E-state index contributed by atoms with van der Waals surface area (Å²) >= 11 is 0. The van der Waals surface area contributed by atoms with Gasteiger partial charge >= 0.3 is 0 Å². The second-order valence-electron chi connectivity index (χ2n) is 6.55. The van der Waals surface area contributed by atoms with E-state index in [1.807, 2.05) is 36.4 Å². The first-order valence-corrected chi connectivity index (χ1v) is 9.07. The van der Waals surface area contributed by atoms with Gasteiger partial charge in [0.15, 0.2) is 0 Å². The van der Waals surface area contributed by atoms with Gasteiger partial charge in [0.25, 0.3) is 11.6 Å². The minimum atomic E-state index is -0.516. The number of carbonyl (C=O) groups is 1. The standard InChI is InChI=1S/C23H17N3O3/c27-23(17-7-4-8-19(13-17)26(28)29)25-14-18-9-10-20(16-5-2-1-3-6-16)21-11-12-24-15-22(18)21/h1-13,15H,14H2,(H,25,27). The van der Waals surface area contributed by atoms with Crippen molar-refractivity contribution < 1.29 is 9.72 Å². The van der Waals surface area contributed by atoms with Crippen molar-refractivity contribution in [1.82, 2.24) is 10.3 Å². The maximum atomic E-state index is 12.5. The topological polar surface area (TPSA) is 85.1 Å². The molecule has 142 valence electrons. The summed E-state index contributed by atoms with van der Waals surface area (Å²) in [5.41, 5.74) is 3.27. The molecule has 0 fully saturated rings. The van der Waals surface area contributed by atoms with E-state index in [0.717, 1.165) is 27.5 Å². The monoisotopic (exact) mass is 383 g/mol. The fourth-order valence-electron chi connectivity index (χ4n) is 3.31. The molecule has 4 rings (SSSR count). The van der Waals surface area contributed by atoms with E-state index in [-0.39, 0.29) is 17.2 Å². The van der Waals surface area contributed by atoms with Crippen LogP contribution in [0.2, 0.25) is 0 Å². The summed E-state index contributed by atoms with van der Waals surface area (Å²) in [7, 11) is 0. The molecule has 0 bridgehead atoms. The highest BCUT2D eigenvalue weighted by molar-refractivity contribution is 5.99. The second kappa shape index (κ2) is 7.90. The molecule has 1 amide bonds. The van der Waals surface area contributed by atoms with Crippen molar-refractivity contribution in [1.29, 1.82) is 0 Å². The number of rotatable bonds is 5. The van der Waals surface area contributed by atoms with E-state index in [1.54, 1.807) is 18.5 Å². The van der Waals surface area contributed by atoms with Crippen molar-refractivity contribution in [2.24, 2.45) is 0 Å². The molecule has 0 aliphatic carbocycles. The number of non-ortho nitro benzene ring substituents is 1. The van der Waals surface area contributed by atoms with Crippen molar-refractivity contribution >= 4 is 22.4 Å². The Labute approximate surface area is 167 Å². The van der Waals surface area contributed by atoms with E-state index in [4.69, 9.17) is 0 Å². The molecule has 1 N–H and O–H groups in total. The largest absolute Gasteiger partial charge is 0.348 e. The number of fused-ring (bicyclic) bond motifs is 1. The molecule has 6 heteroatoms. The van der Waals surface area contributed by atoms with Gasteiger partial charge in [-0.3, -0.25) is 19.9 Å². The molecule has 6 nitrogen and oxygen atoms in total. The lowest BCUT2D eigenvalue weighted by Crippen LogP contribution is -2.23. The zero-order valence-electron chi connectivity index (χ0n) is 15.4. The van der Waals surface area contributed by atoms with Crippen LogP contribution in [0.4, 0.5) is 5.69 Å². The molecule has 4 aromatic rings. The van der Waals surface area contributed by atoms with Gasteiger partial charge in [-0.05, 0) is 34.2 Å². The van der Waals surface area contributed by atoms with E-state index >= 15 is 0 Å². The molecule has 0 radical (unpaired) electrons. The number of aromatic nitrogens is 1. The Kier molecular flexibility index (Phi) is 4.99. The van der Waals surface area contributed by atoms with Crippen molar-refractivity contribution in [3.8, 4) is 11.1 Å². The van der Waals surface area contributed by atoms with Gasteiger partial charge in [0, 0.05) is 42.0 Å². The summed E-state index contributed by atoms with van der Waals surface area (Å²) in [5.74, 6) is -0.363. The minimum absolute atomic E-state index is 0.112. The average molecular weight is 383 g/mol. The molecule has 0 saturated carbocycles. The number of carbonyl (C=O) groups excluding carboxylic acids is 1. The van der Waals surface area contributed by atoms with Gasteiger partial charge in [-0.25, -0.2) is 0 Å². The van der Waals surface area contributed by atoms with Gasteiger partial charge in [0.05, 0.1) is 4.92 Å². The molecular formula is C23H17N3O3. The number of pyridine rings is 1. The van der Waals surface area contributed by atoms with E-state index in [0.29, 0.717) is 6.54 Å². The van der Waals surface area contributed by atoms with Crippen LogP contribution in [0.25, 0.3) is 21.9 Å². The van der Waals surface area contributed by atoms with E-state index < -0.39 is 4.92 Å². The number of nitrogens with one attached hydrogen (secondary N) is 1.